The monoisotopic (exact) mass is 259 g/mol. The highest BCUT2D eigenvalue weighted by Gasteiger charge is 2.17. The van der Waals surface area contributed by atoms with Crippen LogP contribution in [0.3, 0.4) is 0 Å². The molecule has 1 aliphatic heterocycles. The fourth-order valence-electron chi connectivity index (χ4n) is 2.71. The van der Waals surface area contributed by atoms with E-state index in [-0.39, 0.29) is 0 Å². The number of carbonyl (C=O) groups is 1. The molecule has 0 bridgehead atoms. The van der Waals surface area contributed by atoms with E-state index in [1.165, 1.54) is 30.2 Å². The Kier molecular flexibility index (Phi) is 4.25. The number of nitrogens with zero attached hydrogens (tertiary/aromatic N) is 1. The minimum atomic E-state index is -0.911. The van der Waals surface area contributed by atoms with Crippen LogP contribution in [-0.2, 0) is 4.79 Å². The number of hydrogen-bond acceptors (Lipinski definition) is 2. The number of piperidine rings is 1. The summed E-state index contributed by atoms with van der Waals surface area (Å²) in [4.78, 5) is 13.0. The van der Waals surface area contributed by atoms with E-state index in [1.54, 1.807) is 6.08 Å². The topological polar surface area (TPSA) is 40.5 Å². The van der Waals surface area contributed by atoms with E-state index in [9.17, 15) is 4.79 Å². The Labute approximate surface area is 114 Å². The fourth-order valence-corrected chi connectivity index (χ4v) is 2.71. The molecule has 1 heterocycles. The van der Waals surface area contributed by atoms with Crippen LogP contribution in [0.15, 0.2) is 24.3 Å². The van der Waals surface area contributed by atoms with Gasteiger partial charge in [0.1, 0.15) is 0 Å². The molecule has 1 fully saturated rings. The summed E-state index contributed by atoms with van der Waals surface area (Å²) in [5, 5.41) is 8.64. The van der Waals surface area contributed by atoms with Crippen LogP contribution in [0, 0.1) is 12.8 Å². The summed E-state index contributed by atoms with van der Waals surface area (Å²) in [7, 11) is 0. The highest BCUT2D eigenvalue weighted by molar-refractivity contribution is 5.85. The van der Waals surface area contributed by atoms with Gasteiger partial charge in [-0.1, -0.05) is 13.0 Å². The normalized spacial score (nSPS) is 19.9. The molecule has 3 nitrogen and oxygen atoms in total. The zero-order chi connectivity index (χ0) is 13.8. The Morgan fingerprint density at radius 3 is 2.89 bits per heavy atom. The van der Waals surface area contributed by atoms with Gasteiger partial charge in [-0.2, -0.15) is 0 Å². The van der Waals surface area contributed by atoms with E-state index in [0.29, 0.717) is 0 Å². The Morgan fingerprint density at radius 1 is 1.47 bits per heavy atom. The number of benzene rings is 1. The first-order valence-electron chi connectivity index (χ1n) is 6.83. The molecule has 1 aromatic carbocycles. The number of aliphatic carboxylic acids is 1. The average Bonchev–Trinajstić information content (AvgIpc) is 2.36. The zero-order valence-electron chi connectivity index (χ0n) is 11.6. The molecule has 2 rings (SSSR count). The molecule has 1 N–H and O–H groups in total. The zero-order valence-corrected chi connectivity index (χ0v) is 11.6. The first kappa shape index (κ1) is 13.7. The molecule has 0 aliphatic carbocycles. The average molecular weight is 259 g/mol. The van der Waals surface area contributed by atoms with Gasteiger partial charge in [-0.25, -0.2) is 4.79 Å². The second kappa shape index (κ2) is 5.91. The molecule has 0 amide bonds. The molecular weight excluding hydrogens is 238 g/mol. The van der Waals surface area contributed by atoms with Crippen LogP contribution in [0.25, 0.3) is 6.08 Å². The van der Waals surface area contributed by atoms with Crippen molar-refractivity contribution >= 4 is 17.7 Å². The van der Waals surface area contributed by atoms with Gasteiger partial charge in [-0.05, 0) is 55.0 Å². The molecule has 1 aliphatic rings. The third-order valence-electron chi connectivity index (χ3n) is 3.64. The van der Waals surface area contributed by atoms with Crippen molar-refractivity contribution in [2.45, 2.75) is 26.7 Å². The predicted octanol–water partition coefficient (Wildman–Crippen LogP) is 3.33. The largest absolute Gasteiger partial charge is 0.478 e. The molecular formula is C16H21NO2. The Hall–Kier alpha value is -1.77. The van der Waals surface area contributed by atoms with Crippen LogP contribution < -0.4 is 4.90 Å². The van der Waals surface area contributed by atoms with Crippen LogP contribution in [0.2, 0.25) is 0 Å². The van der Waals surface area contributed by atoms with E-state index in [2.05, 4.69) is 24.8 Å². The Bertz CT molecular complexity index is 494. The third-order valence-corrected chi connectivity index (χ3v) is 3.64. The lowest BCUT2D eigenvalue weighted by atomic mass is 9.98. The molecule has 0 saturated carbocycles. The van der Waals surface area contributed by atoms with E-state index >= 15 is 0 Å². The quantitative estimate of drug-likeness (QED) is 0.846. The Morgan fingerprint density at radius 2 is 2.26 bits per heavy atom. The van der Waals surface area contributed by atoms with Crippen molar-refractivity contribution in [3.05, 3.63) is 35.4 Å². The van der Waals surface area contributed by atoms with Crippen LogP contribution >= 0.6 is 0 Å². The van der Waals surface area contributed by atoms with Gasteiger partial charge in [0.15, 0.2) is 0 Å². The second-order valence-electron chi connectivity index (χ2n) is 5.41. The van der Waals surface area contributed by atoms with Gasteiger partial charge in [0.2, 0.25) is 0 Å². The summed E-state index contributed by atoms with van der Waals surface area (Å²) in [6.07, 6.45) is 5.38. The first-order valence-corrected chi connectivity index (χ1v) is 6.83. The van der Waals surface area contributed by atoms with Crippen LogP contribution in [0.5, 0.6) is 0 Å². The number of rotatable bonds is 3. The lowest BCUT2D eigenvalue weighted by Crippen LogP contribution is -2.34. The molecule has 1 unspecified atom stereocenters. The number of hydrogen-bond donors (Lipinski definition) is 1. The van der Waals surface area contributed by atoms with Crippen molar-refractivity contribution in [1.29, 1.82) is 0 Å². The molecule has 3 heteroatoms. The van der Waals surface area contributed by atoms with Crippen molar-refractivity contribution in [2.75, 3.05) is 18.0 Å². The van der Waals surface area contributed by atoms with Crippen molar-refractivity contribution in [1.82, 2.24) is 0 Å². The van der Waals surface area contributed by atoms with Crippen molar-refractivity contribution in [2.24, 2.45) is 5.92 Å². The highest BCUT2D eigenvalue weighted by Crippen LogP contribution is 2.26. The third kappa shape index (κ3) is 3.60. The van der Waals surface area contributed by atoms with Gasteiger partial charge < -0.3 is 10.0 Å². The molecule has 0 spiro atoms. The van der Waals surface area contributed by atoms with Gasteiger partial charge in [-0.3, -0.25) is 0 Å². The summed E-state index contributed by atoms with van der Waals surface area (Å²) < 4.78 is 0. The lowest BCUT2D eigenvalue weighted by molar-refractivity contribution is -0.131. The van der Waals surface area contributed by atoms with Crippen molar-refractivity contribution in [3.63, 3.8) is 0 Å². The molecule has 1 atom stereocenters. The molecule has 1 saturated heterocycles. The number of aryl methyl sites for hydroxylation is 1. The standard InChI is InChI=1S/C16H21NO2/c1-12-4-3-9-17(11-12)15-7-5-14(10-13(15)2)6-8-16(18)19/h5-8,10,12H,3-4,9,11H2,1-2H3,(H,18,19). The maximum atomic E-state index is 10.5. The van der Waals surface area contributed by atoms with Gasteiger partial charge in [0.05, 0.1) is 0 Å². The van der Waals surface area contributed by atoms with Gasteiger partial charge in [-0.15, -0.1) is 0 Å². The summed E-state index contributed by atoms with van der Waals surface area (Å²) in [6.45, 7) is 6.62. The SMILES string of the molecule is Cc1cc(C=CC(=O)O)ccc1N1CCCC(C)C1. The highest BCUT2D eigenvalue weighted by atomic mass is 16.4. The number of carboxylic acids is 1. The lowest BCUT2D eigenvalue weighted by Gasteiger charge is -2.34. The summed E-state index contributed by atoms with van der Waals surface area (Å²) >= 11 is 0. The molecule has 0 radical (unpaired) electrons. The second-order valence-corrected chi connectivity index (χ2v) is 5.41. The van der Waals surface area contributed by atoms with E-state index in [4.69, 9.17) is 5.11 Å². The molecule has 19 heavy (non-hydrogen) atoms. The summed E-state index contributed by atoms with van der Waals surface area (Å²) in [6, 6.07) is 6.14. The molecule has 102 valence electrons. The number of anilines is 1. The smallest absolute Gasteiger partial charge is 0.328 e. The van der Waals surface area contributed by atoms with Gasteiger partial charge in [0.25, 0.3) is 0 Å². The van der Waals surface area contributed by atoms with E-state index in [0.717, 1.165) is 24.6 Å². The minimum Gasteiger partial charge on any atom is -0.478 e. The number of carboxylic acid groups (broad SMARTS) is 1. The fraction of sp³-hybridized carbons (Fsp3) is 0.438. The Balaban J connectivity index is 2.17. The van der Waals surface area contributed by atoms with Gasteiger partial charge >= 0.3 is 5.97 Å². The van der Waals surface area contributed by atoms with Crippen molar-refractivity contribution < 1.29 is 9.90 Å². The first-order chi connectivity index (χ1) is 9.06. The summed E-state index contributed by atoms with van der Waals surface area (Å²) in [5.41, 5.74) is 3.43. The van der Waals surface area contributed by atoms with Crippen LogP contribution in [0.1, 0.15) is 30.9 Å². The predicted molar refractivity (Wildman–Crippen MR) is 78.5 cm³/mol. The van der Waals surface area contributed by atoms with Crippen LogP contribution in [-0.4, -0.2) is 24.2 Å². The van der Waals surface area contributed by atoms with E-state index < -0.39 is 5.97 Å². The van der Waals surface area contributed by atoms with E-state index in [1.807, 2.05) is 12.1 Å². The summed E-state index contributed by atoms with van der Waals surface area (Å²) in [5.74, 6) is -0.161. The molecule has 1 aromatic rings. The van der Waals surface area contributed by atoms with Gasteiger partial charge in [0, 0.05) is 24.9 Å². The maximum absolute atomic E-state index is 10.5. The molecule has 0 aromatic heterocycles. The van der Waals surface area contributed by atoms with Crippen molar-refractivity contribution in [3.8, 4) is 0 Å². The minimum absolute atomic E-state index is 0.750. The van der Waals surface area contributed by atoms with Crippen LogP contribution in [0.4, 0.5) is 5.69 Å². The maximum Gasteiger partial charge on any atom is 0.328 e.